The van der Waals surface area contributed by atoms with Crippen LogP contribution >= 0.6 is 35.6 Å². The van der Waals surface area contributed by atoms with Gasteiger partial charge in [0, 0.05) is 10.6 Å². The highest BCUT2D eigenvalue weighted by Gasteiger charge is 2.32. The minimum absolute atomic E-state index is 0.0955. The second-order valence-corrected chi connectivity index (χ2v) is 9.13. The van der Waals surface area contributed by atoms with Crippen LogP contribution in [-0.2, 0) is 17.9 Å². The average molecular weight is 482 g/mol. The fraction of sp³-hybridized carbons (Fsp3) is 0.120. The van der Waals surface area contributed by atoms with Crippen molar-refractivity contribution in [2.45, 2.75) is 13.2 Å². The van der Waals surface area contributed by atoms with E-state index in [-0.39, 0.29) is 5.91 Å². The summed E-state index contributed by atoms with van der Waals surface area (Å²) in [5.74, 6) is 1.08. The van der Waals surface area contributed by atoms with Crippen LogP contribution in [0.5, 0.6) is 11.5 Å². The third-order valence-electron chi connectivity index (χ3n) is 4.88. The minimum Gasteiger partial charge on any atom is -0.493 e. The third-order valence-corrected chi connectivity index (χ3v) is 6.63. The zero-order valence-corrected chi connectivity index (χ0v) is 19.7. The standard InChI is InChI=1S/C25H20ClNO3S2/c1-29-22-13-18(11-12-21(22)30-16-19-9-5-6-10-20(19)26)14-23-24(28)27(25(31)32-23)15-17-7-3-2-4-8-17/h2-14H,15-16H2,1H3. The van der Waals surface area contributed by atoms with Crippen LogP contribution in [-0.4, -0.2) is 22.2 Å². The van der Waals surface area contributed by atoms with Crippen LogP contribution in [0, 0.1) is 0 Å². The lowest BCUT2D eigenvalue weighted by Crippen LogP contribution is -2.27. The molecule has 0 bridgehead atoms. The monoisotopic (exact) mass is 481 g/mol. The van der Waals surface area contributed by atoms with E-state index >= 15 is 0 Å². The van der Waals surface area contributed by atoms with E-state index < -0.39 is 0 Å². The summed E-state index contributed by atoms with van der Waals surface area (Å²) in [5, 5.41) is 0.653. The Morgan fingerprint density at radius 3 is 2.53 bits per heavy atom. The normalized spacial score (nSPS) is 14.8. The Labute approximate surface area is 201 Å². The topological polar surface area (TPSA) is 38.8 Å². The Hall–Kier alpha value is -2.80. The molecule has 0 aromatic heterocycles. The maximum atomic E-state index is 12.9. The van der Waals surface area contributed by atoms with Crippen LogP contribution in [0.3, 0.4) is 0 Å². The van der Waals surface area contributed by atoms with Gasteiger partial charge < -0.3 is 9.47 Å². The second-order valence-electron chi connectivity index (χ2n) is 7.04. The van der Waals surface area contributed by atoms with Crippen LogP contribution in [0.15, 0.2) is 77.7 Å². The highest BCUT2D eigenvalue weighted by atomic mass is 35.5. The first-order valence-corrected chi connectivity index (χ1v) is 11.5. The number of carbonyl (C=O) groups excluding carboxylic acids is 1. The van der Waals surface area contributed by atoms with Crippen molar-refractivity contribution in [2.75, 3.05) is 7.11 Å². The zero-order chi connectivity index (χ0) is 22.5. The highest BCUT2D eigenvalue weighted by Crippen LogP contribution is 2.35. The smallest absolute Gasteiger partial charge is 0.266 e. The van der Waals surface area contributed by atoms with E-state index in [2.05, 4.69) is 0 Å². The quantitative estimate of drug-likeness (QED) is 0.291. The average Bonchev–Trinajstić information content (AvgIpc) is 3.07. The van der Waals surface area contributed by atoms with Crippen LogP contribution in [0.1, 0.15) is 16.7 Å². The molecule has 0 spiro atoms. The highest BCUT2D eigenvalue weighted by molar-refractivity contribution is 8.26. The summed E-state index contributed by atoms with van der Waals surface area (Å²) in [7, 11) is 1.58. The molecule has 32 heavy (non-hydrogen) atoms. The second kappa shape index (κ2) is 10.2. The number of carbonyl (C=O) groups is 1. The van der Waals surface area contributed by atoms with Crippen molar-refractivity contribution >= 4 is 51.9 Å². The SMILES string of the molecule is COc1cc(C=C2SC(=S)N(Cc3ccccc3)C2=O)ccc1OCc1ccccc1Cl. The van der Waals surface area contributed by atoms with Gasteiger partial charge >= 0.3 is 0 Å². The molecule has 0 saturated carbocycles. The van der Waals surface area contributed by atoms with Crippen molar-refractivity contribution in [3.05, 3.63) is 99.4 Å². The summed E-state index contributed by atoms with van der Waals surface area (Å²) < 4.78 is 12.0. The Bertz CT molecular complexity index is 1180. The van der Waals surface area contributed by atoms with Crippen LogP contribution in [0.2, 0.25) is 5.02 Å². The Morgan fingerprint density at radius 2 is 1.78 bits per heavy atom. The molecule has 1 fully saturated rings. The molecule has 3 aromatic rings. The van der Waals surface area contributed by atoms with Gasteiger partial charge in [0.05, 0.1) is 18.6 Å². The first kappa shape index (κ1) is 22.4. The van der Waals surface area contributed by atoms with Crippen molar-refractivity contribution in [2.24, 2.45) is 0 Å². The lowest BCUT2D eigenvalue weighted by Gasteiger charge is -2.14. The minimum atomic E-state index is -0.0955. The first-order valence-electron chi connectivity index (χ1n) is 9.88. The van der Waals surface area contributed by atoms with Gasteiger partial charge in [-0.25, -0.2) is 0 Å². The van der Waals surface area contributed by atoms with Crippen molar-refractivity contribution < 1.29 is 14.3 Å². The van der Waals surface area contributed by atoms with Gasteiger partial charge in [-0.3, -0.25) is 9.69 Å². The van der Waals surface area contributed by atoms with E-state index in [9.17, 15) is 4.79 Å². The van der Waals surface area contributed by atoms with E-state index in [1.807, 2.05) is 78.9 Å². The van der Waals surface area contributed by atoms with Crippen LogP contribution in [0.4, 0.5) is 0 Å². The molecule has 1 aliphatic rings. The van der Waals surface area contributed by atoms with E-state index in [0.717, 1.165) is 16.7 Å². The molecule has 1 saturated heterocycles. The number of thioether (sulfide) groups is 1. The van der Waals surface area contributed by atoms with Gasteiger partial charge in [-0.2, -0.15) is 0 Å². The lowest BCUT2D eigenvalue weighted by atomic mass is 10.1. The van der Waals surface area contributed by atoms with Gasteiger partial charge in [0.15, 0.2) is 11.5 Å². The molecule has 162 valence electrons. The number of nitrogens with zero attached hydrogens (tertiary/aromatic N) is 1. The summed E-state index contributed by atoms with van der Waals surface area (Å²) in [5.41, 5.74) is 2.75. The fourth-order valence-corrected chi connectivity index (χ4v) is 4.66. The fourth-order valence-electron chi connectivity index (χ4n) is 3.22. The number of thiocarbonyl (C=S) groups is 1. The summed E-state index contributed by atoms with van der Waals surface area (Å²) in [4.78, 5) is 15.1. The molecular weight excluding hydrogens is 462 g/mol. The van der Waals surface area contributed by atoms with E-state index in [1.54, 1.807) is 12.0 Å². The number of amides is 1. The molecule has 0 atom stereocenters. The number of methoxy groups -OCH3 is 1. The lowest BCUT2D eigenvalue weighted by molar-refractivity contribution is -0.122. The number of ether oxygens (including phenoxy) is 2. The molecule has 1 aliphatic heterocycles. The van der Waals surface area contributed by atoms with Gasteiger partial charge in [-0.1, -0.05) is 90.2 Å². The maximum Gasteiger partial charge on any atom is 0.266 e. The van der Waals surface area contributed by atoms with Gasteiger partial charge in [0.25, 0.3) is 5.91 Å². The predicted octanol–water partition coefficient (Wildman–Crippen LogP) is 6.33. The summed E-state index contributed by atoms with van der Waals surface area (Å²) in [6.45, 7) is 0.786. The Kier molecular flexibility index (Phi) is 7.15. The molecule has 1 amide bonds. The molecule has 0 N–H and O–H groups in total. The zero-order valence-electron chi connectivity index (χ0n) is 17.3. The molecule has 0 radical (unpaired) electrons. The number of rotatable bonds is 7. The molecule has 7 heteroatoms. The predicted molar refractivity (Wildman–Crippen MR) is 134 cm³/mol. The van der Waals surface area contributed by atoms with Gasteiger partial charge in [0.1, 0.15) is 10.9 Å². The van der Waals surface area contributed by atoms with Crippen molar-refractivity contribution in [3.8, 4) is 11.5 Å². The van der Waals surface area contributed by atoms with Crippen molar-refractivity contribution in [1.29, 1.82) is 0 Å². The van der Waals surface area contributed by atoms with Crippen molar-refractivity contribution in [1.82, 2.24) is 4.90 Å². The number of halogens is 1. The molecule has 3 aromatic carbocycles. The molecule has 0 unspecified atom stereocenters. The number of benzene rings is 3. The molecule has 4 rings (SSSR count). The van der Waals surface area contributed by atoms with E-state index in [0.29, 0.717) is 38.9 Å². The number of hydrogen-bond acceptors (Lipinski definition) is 5. The van der Waals surface area contributed by atoms with Crippen LogP contribution < -0.4 is 9.47 Å². The summed E-state index contributed by atoms with van der Waals surface area (Å²) in [6.07, 6.45) is 1.82. The summed E-state index contributed by atoms with van der Waals surface area (Å²) >= 11 is 13.0. The molecule has 4 nitrogen and oxygen atoms in total. The molecule has 1 heterocycles. The third kappa shape index (κ3) is 5.15. The first-order chi connectivity index (χ1) is 15.5. The largest absolute Gasteiger partial charge is 0.493 e. The van der Waals surface area contributed by atoms with Gasteiger partial charge in [-0.05, 0) is 35.4 Å². The van der Waals surface area contributed by atoms with Crippen LogP contribution in [0.25, 0.3) is 6.08 Å². The molecular formula is C25H20ClNO3S2. The van der Waals surface area contributed by atoms with Gasteiger partial charge in [-0.15, -0.1) is 0 Å². The van der Waals surface area contributed by atoms with E-state index in [4.69, 9.17) is 33.3 Å². The number of hydrogen-bond donors (Lipinski definition) is 0. The summed E-state index contributed by atoms with van der Waals surface area (Å²) in [6, 6.07) is 22.9. The Balaban J connectivity index is 1.49. The maximum absolute atomic E-state index is 12.9. The van der Waals surface area contributed by atoms with Gasteiger partial charge in [0.2, 0.25) is 0 Å². The van der Waals surface area contributed by atoms with E-state index in [1.165, 1.54) is 11.8 Å². The van der Waals surface area contributed by atoms with Crippen molar-refractivity contribution in [3.63, 3.8) is 0 Å². The molecule has 0 aliphatic carbocycles. The Morgan fingerprint density at radius 1 is 1.03 bits per heavy atom.